The average Bonchev–Trinajstić information content (AvgIpc) is 3.00. The first-order valence-electron chi connectivity index (χ1n) is 6.61. The Morgan fingerprint density at radius 1 is 1.33 bits per heavy atom. The SMILES string of the molecule is Cc1nn(C)c(Cn2ccnc2-c2cccc(N)c2)c1Cl. The van der Waals surface area contributed by atoms with Gasteiger partial charge in [-0.25, -0.2) is 4.98 Å². The monoisotopic (exact) mass is 301 g/mol. The molecule has 1 aromatic carbocycles. The van der Waals surface area contributed by atoms with E-state index in [-0.39, 0.29) is 0 Å². The summed E-state index contributed by atoms with van der Waals surface area (Å²) < 4.78 is 3.85. The minimum Gasteiger partial charge on any atom is -0.399 e. The molecule has 0 aliphatic heterocycles. The van der Waals surface area contributed by atoms with E-state index in [1.54, 1.807) is 10.9 Å². The van der Waals surface area contributed by atoms with E-state index >= 15 is 0 Å². The number of benzene rings is 1. The third kappa shape index (κ3) is 2.52. The molecule has 0 amide bonds. The topological polar surface area (TPSA) is 61.7 Å². The lowest BCUT2D eigenvalue weighted by Crippen LogP contribution is -2.06. The average molecular weight is 302 g/mol. The Morgan fingerprint density at radius 3 is 2.81 bits per heavy atom. The van der Waals surface area contributed by atoms with E-state index in [2.05, 4.69) is 10.1 Å². The molecule has 3 rings (SSSR count). The van der Waals surface area contributed by atoms with Gasteiger partial charge in [0.15, 0.2) is 0 Å². The molecule has 21 heavy (non-hydrogen) atoms. The van der Waals surface area contributed by atoms with Gasteiger partial charge in [-0.3, -0.25) is 4.68 Å². The highest BCUT2D eigenvalue weighted by molar-refractivity contribution is 6.31. The van der Waals surface area contributed by atoms with Gasteiger partial charge >= 0.3 is 0 Å². The third-order valence-electron chi connectivity index (χ3n) is 3.44. The van der Waals surface area contributed by atoms with Crippen molar-refractivity contribution >= 4 is 17.3 Å². The predicted molar refractivity (Wildman–Crippen MR) is 84.1 cm³/mol. The van der Waals surface area contributed by atoms with E-state index < -0.39 is 0 Å². The van der Waals surface area contributed by atoms with E-state index in [0.29, 0.717) is 11.6 Å². The zero-order chi connectivity index (χ0) is 15.0. The summed E-state index contributed by atoms with van der Waals surface area (Å²) in [5.74, 6) is 0.859. The Balaban J connectivity index is 2.00. The molecule has 0 bridgehead atoms. The van der Waals surface area contributed by atoms with Gasteiger partial charge in [0.05, 0.1) is 23.0 Å². The fraction of sp³-hybridized carbons (Fsp3) is 0.200. The van der Waals surface area contributed by atoms with Crippen LogP contribution in [0.4, 0.5) is 5.69 Å². The van der Waals surface area contributed by atoms with Crippen LogP contribution in [-0.2, 0) is 13.6 Å². The number of hydrogen-bond donors (Lipinski definition) is 1. The number of nitrogens with two attached hydrogens (primary N) is 1. The molecule has 3 aromatic rings. The summed E-state index contributed by atoms with van der Waals surface area (Å²) in [6, 6.07) is 7.68. The summed E-state index contributed by atoms with van der Waals surface area (Å²) in [6.07, 6.45) is 3.70. The number of aryl methyl sites for hydroxylation is 2. The first kappa shape index (κ1) is 13.7. The number of halogens is 1. The van der Waals surface area contributed by atoms with Crippen molar-refractivity contribution < 1.29 is 0 Å². The van der Waals surface area contributed by atoms with E-state index in [9.17, 15) is 0 Å². The van der Waals surface area contributed by atoms with Gasteiger partial charge in [0.2, 0.25) is 0 Å². The highest BCUT2D eigenvalue weighted by Gasteiger charge is 2.14. The van der Waals surface area contributed by atoms with E-state index in [4.69, 9.17) is 17.3 Å². The van der Waals surface area contributed by atoms with Gasteiger partial charge in [-0.15, -0.1) is 0 Å². The van der Waals surface area contributed by atoms with Crippen LogP contribution in [0, 0.1) is 6.92 Å². The van der Waals surface area contributed by atoms with Crippen molar-refractivity contribution in [3.63, 3.8) is 0 Å². The van der Waals surface area contributed by atoms with Gasteiger partial charge in [-0.2, -0.15) is 5.10 Å². The summed E-state index contributed by atoms with van der Waals surface area (Å²) in [7, 11) is 1.89. The van der Waals surface area contributed by atoms with E-state index in [0.717, 1.165) is 28.5 Å². The van der Waals surface area contributed by atoms with Gasteiger partial charge in [-0.05, 0) is 19.1 Å². The third-order valence-corrected chi connectivity index (χ3v) is 3.93. The maximum Gasteiger partial charge on any atom is 0.140 e. The van der Waals surface area contributed by atoms with Gasteiger partial charge in [0.25, 0.3) is 0 Å². The zero-order valence-corrected chi connectivity index (χ0v) is 12.7. The fourth-order valence-electron chi connectivity index (χ4n) is 2.39. The van der Waals surface area contributed by atoms with E-state index in [1.807, 2.05) is 49.0 Å². The largest absolute Gasteiger partial charge is 0.399 e. The number of nitrogen functional groups attached to an aromatic ring is 1. The molecule has 0 fully saturated rings. The molecule has 2 N–H and O–H groups in total. The standard InChI is InChI=1S/C15H16ClN5/c1-10-14(16)13(20(2)19-10)9-21-7-6-18-15(21)11-4-3-5-12(17)8-11/h3-8H,9,17H2,1-2H3. The first-order chi connectivity index (χ1) is 10.1. The van der Waals surface area contributed by atoms with Crippen molar-refractivity contribution in [2.45, 2.75) is 13.5 Å². The Bertz CT molecular complexity index is 787. The lowest BCUT2D eigenvalue weighted by molar-refractivity contribution is 0.666. The summed E-state index contributed by atoms with van der Waals surface area (Å²) in [5.41, 5.74) is 9.34. The predicted octanol–water partition coefficient (Wildman–Crippen LogP) is 2.88. The van der Waals surface area contributed by atoms with Crippen LogP contribution in [0.2, 0.25) is 5.02 Å². The first-order valence-corrected chi connectivity index (χ1v) is 6.99. The maximum atomic E-state index is 6.32. The molecule has 108 valence electrons. The van der Waals surface area contributed by atoms with Crippen LogP contribution in [0.15, 0.2) is 36.7 Å². The van der Waals surface area contributed by atoms with Crippen molar-refractivity contribution in [3.8, 4) is 11.4 Å². The quantitative estimate of drug-likeness (QED) is 0.757. The van der Waals surface area contributed by atoms with Crippen LogP contribution in [0.25, 0.3) is 11.4 Å². The number of aromatic nitrogens is 4. The lowest BCUT2D eigenvalue weighted by Gasteiger charge is -2.09. The van der Waals surface area contributed by atoms with Crippen molar-refractivity contribution in [1.29, 1.82) is 0 Å². The van der Waals surface area contributed by atoms with Gasteiger partial charge < -0.3 is 10.3 Å². The van der Waals surface area contributed by atoms with Crippen molar-refractivity contribution in [3.05, 3.63) is 53.1 Å². The summed E-state index contributed by atoms with van der Waals surface area (Å²) >= 11 is 6.32. The van der Waals surface area contributed by atoms with Gasteiger partial charge in [-0.1, -0.05) is 23.7 Å². The molecule has 0 spiro atoms. The maximum absolute atomic E-state index is 6.32. The second-order valence-corrected chi connectivity index (χ2v) is 5.35. The molecule has 0 saturated carbocycles. The Hall–Kier alpha value is -2.27. The zero-order valence-electron chi connectivity index (χ0n) is 11.9. The molecule has 0 aliphatic carbocycles. The molecule has 0 aliphatic rings. The van der Waals surface area contributed by atoms with Crippen molar-refractivity contribution in [1.82, 2.24) is 19.3 Å². The van der Waals surface area contributed by atoms with Crippen LogP contribution in [-0.4, -0.2) is 19.3 Å². The number of imidazole rings is 1. The molecular weight excluding hydrogens is 286 g/mol. The Kier molecular flexibility index (Phi) is 3.43. The molecule has 2 heterocycles. The van der Waals surface area contributed by atoms with Crippen molar-refractivity contribution in [2.24, 2.45) is 7.05 Å². The number of hydrogen-bond acceptors (Lipinski definition) is 3. The molecule has 0 unspecified atom stereocenters. The minimum atomic E-state index is 0.611. The number of anilines is 1. The summed E-state index contributed by atoms with van der Waals surface area (Å²) in [6.45, 7) is 2.51. The second kappa shape index (κ2) is 5.26. The fourth-order valence-corrected chi connectivity index (χ4v) is 2.61. The second-order valence-electron chi connectivity index (χ2n) is 4.97. The molecular formula is C15H16ClN5. The smallest absolute Gasteiger partial charge is 0.140 e. The van der Waals surface area contributed by atoms with Crippen LogP contribution in [0.3, 0.4) is 0 Å². The van der Waals surface area contributed by atoms with Crippen LogP contribution in [0.1, 0.15) is 11.4 Å². The normalized spacial score (nSPS) is 11.0. The van der Waals surface area contributed by atoms with Gasteiger partial charge in [0, 0.05) is 30.7 Å². The van der Waals surface area contributed by atoms with Crippen molar-refractivity contribution in [2.75, 3.05) is 5.73 Å². The molecule has 0 saturated heterocycles. The molecule has 6 heteroatoms. The van der Waals surface area contributed by atoms with Crippen LogP contribution < -0.4 is 5.73 Å². The number of rotatable bonds is 3. The highest BCUT2D eigenvalue weighted by Crippen LogP contribution is 2.24. The van der Waals surface area contributed by atoms with Crippen LogP contribution in [0.5, 0.6) is 0 Å². The van der Waals surface area contributed by atoms with Crippen LogP contribution >= 0.6 is 11.6 Å². The number of nitrogens with zero attached hydrogens (tertiary/aromatic N) is 4. The summed E-state index contributed by atoms with van der Waals surface area (Å²) in [4.78, 5) is 4.42. The summed E-state index contributed by atoms with van der Waals surface area (Å²) in [5, 5.41) is 5.04. The molecule has 0 radical (unpaired) electrons. The Labute approximate surface area is 128 Å². The van der Waals surface area contributed by atoms with E-state index in [1.165, 1.54) is 0 Å². The molecule has 2 aromatic heterocycles. The molecule has 0 atom stereocenters. The minimum absolute atomic E-state index is 0.611. The Morgan fingerprint density at radius 2 is 2.14 bits per heavy atom. The van der Waals surface area contributed by atoms with Gasteiger partial charge in [0.1, 0.15) is 5.82 Å². The highest BCUT2D eigenvalue weighted by atomic mass is 35.5. The molecule has 5 nitrogen and oxygen atoms in total. The lowest BCUT2D eigenvalue weighted by atomic mass is 10.2.